The minimum absolute atomic E-state index is 0.0984. The molecule has 1 aromatic carbocycles. The summed E-state index contributed by atoms with van der Waals surface area (Å²) in [5, 5.41) is 8.89. The topological polar surface area (TPSA) is 49.8 Å². The molecule has 0 bridgehead atoms. The Kier molecular flexibility index (Phi) is 4.90. The van der Waals surface area contributed by atoms with Crippen molar-refractivity contribution < 1.29 is 19.0 Å². The molecule has 0 aliphatic carbocycles. The molecule has 0 aliphatic rings. The third-order valence-corrected chi connectivity index (χ3v) is 2.49. The van der Waals surface area contributed by atoms with Gasteiger partial charge in [0.05, 0.1) is 12.6 Å². The van der Waals surface area contributed by atoms with Gasteiger partial charge < -0.3 is 14.7 Å². The zero-order chi connectivity index (χ0) is 12.8. The first-order valence-corrected chi connectivity index (χ1v) is 5.29. The van der Waals surface area contributed by atoms with E-state index in [2.05, 4.69) is 0 Å². The van der Waals surface area contributed by atoms with Crippen LogP contribution < -0.4 is 4.74 Å². The van der Waals surface area contributed by atoms with Crippen LogP contribution in [-0.4, -0.2) is 42.2 Å². The highest BCUT2D eigenvalue weighted by Gasteiger charge is 2.15. The largest absolute Gasteiger partial charge is 0.484 e. The van der Waals surface area contributed by atoms with Gasteiger partial charge in [-0.15, -0.1) is 0 Å². The van der Waals surface area contributed by atoms with E-state index < -0.39 is 0 Å². The number of benzene rings is 1. The van der Waals surface area contributed by atoms with Crippen LogP contribution >= 0.6 is 0 Å². The Bertz CT molecular complexity index is 367. The summed E-state index contributed by atoms with van der Waals surface area (Å²) in [6.07, 6.45) is 0. The van der Waals surface area contributed by atoms with Crippen LogP contribution in [0.2, 0.25) is 0 Å². The van der Waals surface area contributed by atoms with Crippen LogP contribution in [0.4, 0.5) is 4.39 Å². The Hall–Kier alpha value is -1.62. The average Bonchev–Trinajstić information content (AvgIpc) is 2.35. The molecule has 0 radical (unpaired) electrons. The Labute approximate surface area is 99.6 Å². The van der Waals surface area contributed by atoms with Crippen molar-refractivity contribution in [3.63, 3.8) is 0 Å². The van der Waals surface area contributed by atoms with E-state index in [4.69, 9.17) is 9.84 Å². The minimum atomic E-state index is -0.352. The molecule has 1 aromatic rings. The Morgan fingerprint density at radius 1 is 1.47 bits per heavy atom. The molecular weight excluding hydrogens is 225 g/mol. The maximum absolute atomic E-state index is 12.6. The number of carbonyl (C=O) groups excluding carboxylic acids is 1. The normalized spacial score (nSPS) is 12.0. The quantitative estimate of drug-likeness (QED) is 0.838. The molecule has 0 heterocycles. The summed E-state index contributed by atoms with van der Waals surface area (Å²) in [6, 6.07) is 5.19. The number of carbonyl (C=O) groups is 1. The molecule has 1 atom stereocenters. The number of ether oxygens (including phenoxy) is 1. The van der Waals surface area contributed by atoms with Gasteiger partial charge in [-0.2, -0.15) is 0 Å². The summed E-state index contributed by atoms with van der Waals surface area (Å²) < 4.78 is 17.8. The molecule has 1 unspecified atom stereocenters. The van der Waals surface area contributed by atoms with Gasteiger partial charge in [0.1, 0.15) is 11.6 Å². The van der Waals surface area contributed by atoms with Crippen molar-refractivity contribution >= 4 is 5.91 Å². The average molecular weight is 241 g/mol. The van der Waals surface area contributed by atoms with E-state index >= 15 is 0 Å². The van der Waals surface area contributed by atoms with E-state index in [1.165, 1.54) is 29.2 Å². The zero-order valence-electron chi connectivity index (χ0n) is 9.89. The van der Waals surface area contributed by atoms with E-state index in [-0.39, 0.29) is 31.0 Å². The second-order valence-electron chi connectivity index (χ2n) is 3.78. The second-order valence-corrected chi connectivity index (χ2v) is 3.78. The fourth-order valence-corrected chi connectivity index (χ4v) is 1.15. The first kappa shape index (κ1) is 13.4. The fourth-order valence-electron chi connectivity index (χ4n) is 1.15. The third-order valence-electron chi connectivity index (χ3n) is 2.49. The highest BCUT2D eigenvalue weighted by atomic mass is 19.1. The Morgan fingerprint density at radius 2 is 2.06 bits per heavy atom. The molecule has 0 saturated heterocycles. The van der Waals surface area contributed by atoms with Crippen molar-refractivity contribution in [2.45, 2.75) is 13.0 Å². The van der Waals surface area contributed by atoms with Crippen LogP contribution in [0.25, 0.3) is 0 Å². The van der Waals surface area contributed by atoms with Crippen LogP contribution in [-0.2, 0) is 4.79 Å². The number of hydrogen-bond donors (Lipinski definition) is 1. The molecule has 94 valence electrons. The second kappa shape index (κ2) is 6.20. The number of aliphatic hydroxyl groups excluding tert-OH is 1. The first-order chi connectivity index (χ1) is 8.04. The number of likely N-dealkylation sites (N-methyl/N-ethyl adjacent to an activating group) is 1. The SMILES string of the molecule is CC(CO)N(C)C(=O)COc1ccc(F)cc1. The molecular formula is C12H16FNO3. The molecule has 0 fully saturated rings. The highest BCUT2D eigenvalue weighted by Crippen LogP contribution is 2.11. The standard InChI is InChI=1S/C12H16FNO3/c1-9(7-15)14(2)12(16)8-17-11-5-3-10(13)4-6-11/h3-6,9,15H,7-8H2,1-2H3. The van der Waals surface area contributed by atoms with Crippen LogP contribution in [0.5, 0.6) is 5.75 Å². The van der Waals surface area contributed by atoms with Gasteiger partial charge >= 0.3 is 0 Å². The van der Waals surface area contributed by atoms with E-state index in [0.29, 0.717) is 5.75 Å². The van der Waals surface area contributed by atoms with Crippen LogP contribution in [0.1, 0.15) is 6.92 Å². The van der Waals surface area contributed by atoms with Crippen molar-refractivity contribution in [2.24, 2.45) is 0 Å². The lowest BCUT2D eigenvalue weighted by atomic mass is 10.3. The number of amides is 1. The lowest BCUT2D eigenvalue weighted by molar-refractivity contribution is -0.134. The molecule has 0 spiro atoms. The van der Waals surface area contributed by atoms with Gasteiger partial charge in [-0.25, -0.2) is 4.39 Å². The number of aliphatic hydroxyl groups is 1. The van der Waals surface area contributed by atoms with Gasteiger partial charge in [0.15, 0.2) is 6.61 Å². The maximum atomic E-state index is 12.6. The van der Waals surface area contributed by atoms with E-state index in [1.54, 1.807) is 14.0 Å². The van der Waals surface area contributed by atoms with Gasteiger partial charge in [-0.3, -0.25) is 4.79 Å². The zero-order valence-corrected chi connectivity index (χ0v) is 9.89. The summed E-state index contributed by atoms with van der Waals surface area (Å²) in [5.41, 5.74) is 0. The molecule has 17 heavy (non-hydrogen) atoms. The third kappa shape index (κ3) is 4.03. The van der Waals surface area contributed by atoms with Crippen LogP contribution in [0, 0.1) is 5.82 Å². The lowest BCUT2D eigenvalue weighted by Crippen LogP contribution is -2.40. The fraction of sp³-hybridized carbons (Fsp3) is 0.417. The van der Waals surface area contributed by atoms with Crippen LogP contribution in [0.15, 0.2) is 24.3 Å². The first-order valence-electron chi connectivity index (χ1n) is 5.29. The van der Waals surface area contributed by atoms with E-state index in [9.17, 15) is 9.18 Å². The van der Waals surface area contributed by atoms with Gasteiger partial charge in [-0.1, -0.05) is 0 Å². The summed E-state index contributed by atoms with van der Waals surface area (Å²) in [7, 11) is 1.59. The maximum Gasteiger partial charge on any atom is 0.260 e. The molecule has 0 aromatic heterocycles. The van der Waals surface area contributed by atoms with Gasteiger partial charge in [0.2, 0.25) is 0 Å². The Balaban J connectivity index is 2.45. The number of hydrogen-bond acceptors (Lipinski definition) is 3. The van der Waals surface area contributed by atoms with Gasteiger partial charge in [-0.05, 0) is 31.2 Å². The Morgan fingerprint density at radius 3 is 2.59 bits per heavy atom. The van der Waals surface area contributed by atoms with Gasteiger partial charge in [0, 0.05) is 7.05 Å². The lowest BCUT2D eigenvalue weighted by Gasteiger charge is -2.23. The molecule has 5 heteroatoms. The number of halogens is 1. The van der Waals surface area contributed by atoms with Crippen LogP contribution in [0.3, 0.4) is 0 Å². The predicted molar refractivity (Wildman–Crippen MR) is 61.2 cm³/mol. The molecule has 4 nitrogen and oxygen atoms in total. The number of nitrogens with zero attached hydrogens (tertiary/aromatic N) is 1. The van der Waals surface area contributed by atoms with Crippen molar-refractivity contribution in [3.05, 3.63) is 30.1 Å². The monoisotopic (exact) mass is 241 g/mol. The van der Waals surface area contributed by atoms with E-state index in [1.807, 2.05) is 0 Å². The van der Waals surface area contributed by atoms with Crippen molar-refractivity contribution in [2.75, 3.05) is 20.3 Å². The minimum Gasteiger partial charge on any atom is -0.484 e. The summed E-state index contributed by atoms with van der Waals surface area (Å²) in [6.45, 7) is 1.50. The molecule has 0 saturated carbocycles. The summed E-state index contributed by atoms with van der Waals surface area (Å²) >= 11 is 0. The van der Waals surface area contributed by atoms with Gasteiger partial charge in [0.25, 0.3) is 5.91 Å². The predicted octanol–water partition coefficient (Wildman–Crippen LogP) is 1.04. The summed E-state index contributed by atoms with van der Waals surface area (Å²) in [5.74, 6) is -0.157. The van der Waals surface area contributed by atoms with Crippen molar-refractivity contribution in [1.29, 1.82) is 0 Å². The molecule has 1 N–H and O–H groups in total. The smallest absolute Gasteiger partial charge is 0.260 e. The number of rotatable bonds is 5. The molecule has 1 amide bonds. The molecule has 0 aliphatic heterocycles. The van der Waals surface area contributed by atoms with Crippen molar-refractivity contribution in [1.82, 2.24) is 4.90 Å². The highest BCUT2D eigenvalue weighted by molar-refractivity contribution is 5.77. The molecule has 1 rings (SSSR count). The van der Waals surface area contributed by atoms with E-state index in [0.717, 1.165) is 0 Å². The van der Waals surface area contributed by atoms with Crippen molar-refractivity contribution in [3.8, 4) is 5.75 Å². The summed E-state index contributed by atoms with van der Waals surface area (Å²) in [4.78, 5) is 13.0.